The second kappa shape index (κ2) is 5.78. The lowest BCUT2D eigenvalue weighted by Gasteiger charge is -2.19. The first kappa shape index (κ1) is 13.3. The first-order valence-electron chi connectivity index (χ1n) is 7.52. The van der Waals surface area contributed by atoms with Gasteiger partial charge in [0.15, 0.2) is 0 Å². The Kier molecular flexibility index (Phi) is 3.86. The van der Waals surface area contributed by atoms with E-state index >= 15 is 0 Å². The number of allylic oxidation sites excluding steroid dienone is 1. The molecule has 0 aliphatic heterocycles. The number of rotatable bonds is 2. The van der Waals surface area contributed by atoms with Crippen LogP contribution in [0.3, 0.4) is 0 Å². The molecule has 0 spiro atoms. The maximum Gasteiger partial charge on any atom is 0.244 e. The maximum absolute atomic E-state index is 13.4. The summed E-state index contributed by atoms with van der Waals surface area (Å²) in [7, 11) is 0. The van der Waals surface area contributed by atoms with Crippen LogP contribution in [0.1, 0.15) is 49.7 Å². The third-order valence-electron chi connectivity index (χ3n) is 4.32. The van der Waals surface area contributed by atoms with Crippen molar-refractivity contribution in [3.63, 3.8) is 0 Å². The Labute approximate surface area is 119 Å². The summed E-state index contributed by atoms with van der Waals surface area (Å²) in [5.74, 6) is -0.253. The van der Waals surface area contributed by atoms with Crippen molar-refractivity contribution in [1.82, 2.24) is 5.32 Å². The van der Waals surface area contributed by atoms with Gasteiger partial charge in [-0.2, -0.15) is 0 Å². The highest BCUT2D eigenvalue weighted by Gasteiger charge is 2.19. The van der Waals surface area contributed by atoms with Crippen molar-refractivity contribution in [1.29, 1.82) is 0 Å². The number of halogens is 1. The summed E-state index contributed by atoms with van der Waals surface area (Å²) in [6.07, 6.45) is 9.11. The first-order chi connectivity index (χ1) is 9.72. The summed E-state index contributed by atoms with van der Waals surface area (Å²) in [6, 6.07) is 5.23. The van der Waals surface area contributed by atoms with E-state index in [-0.39, 0.29) is 11.7 Å². The molecule has 20 heavy (non-hydrogen) atoms. The molecule has 1 fully saturated rings. The maximum atomic E-state index is 13.4. The zero-order valence-corrected chi connectivity index (χ0v) is 11.6. The molecule has 0 radical (unpaired) electrons. The van der Waals surface area contributed by atoms with E-state index in [1.165, 1.54) is 18.9 Å². The highest BCUT2D eigenvalue weighted by atomic mass is 19.1. The molecule has 2 aliphatic rings. The van der Waals surface area contributed by atoms with E-state index in [0.29, 0.717) is 6.04 Å². The minimum absolute atomic E-state index is 0.0241. The number of carbonyl (C=O) groups is 1. The number of hydrogen-bond donors (Lipinski definition) is 1. The van der Waals surface area contributed by atoms with E-state index in [0.717, 1.165) is 48.8 Å². The summed E-state index contributed by atoms with van der Waals surface area (Å²) in [5.41, 5.74) is 3.04. The number of aryl methyl sites for hydroxylation is 1. The van der Waals surface area contributed by atoms with Gasteiger partial charge in [-0.3, -0.25) is 4.79 Å². The Morgan fingerprint density at radius 2 is 2.00 bits per heavy atom. The van der Waals surface area contributed by atoms with Crippen molar-refractivity contribution in [3.05, 3.63) is 41.2 Å². The second-order valence-electron chi connectivity index (χ2n) is 5.81. The van der Waals surface area contributed by atoms with Crippen LogP contribution in [0.15, 0.2) is 24.3 Å². The predicted molar refractivity (Wildman–Crippen MR) is 77.7 cm³/mol. The Balaban J connectivity index is 1.78. The van der Waals surface area contributed by atoms with Crippen LogP contribution in [0, 0.1) is 5.82 Å². The van der Waals surface area contributed by atoms with E-state index in [9.17, 15) is 9.18 Å². The standard InChI is InChI=1S/C17H20FNO/c18-14-9-8-12-4-3-5-13(16(12)11-14)10-17(20)19-15-6-1-2-7-15/h8-11,15H,1-7H2,(H,19,20)/b13-10+. The SMILES string of the molecule is O=C(/C=C1\CCCc2ccc(F)cc21)NC1CCCC1. The molecule has 1 saturated carbocycles. The van der Waals surface area contributed by atoms with Gasteiger partial charge in [-0.15, -0.1) is 0 Å². The normalized spacial score (nSPS) is 20.9. The van der Waals surface area contributed by atoms with Crippen LogP contribution in [-0.2, 0) is 11.2 Å². The van der Waals surface area contributed by atoms with Crippen molar-refractivity contribution in [2.24, 2.45) is 0 Å². The Morgan fingerprint density at radius 1 is 1.20 bits per heavy atom. The van der Waals surface area contributed by atoms with Crippen molar-refractivity contribution < 1.29 is 9.18 Å². The van der Waals surface area contributed by atoms with Gasteiger partial charge in [-0.1, -0.05) is 18.9 Å². The van der Waals surface area contributed by atoms with Crippen LogP contribution in [-0.4, -0.2) is 11.9 Å². The molecule has 0 heterocycles. The van der Waals surface area contributed by atoms with Crippen molar-refractivity contribution in [2.45, 2.75) is 51.0 Å². The van der Waals surface area contributed by atoms with Crippen LogP contribution in [0.2, 0.25) is 0 Å². The lowest BCUT2D eigenvalue weighted by Crippen LogP contribution is -2.31. The van der Waals surface area contributed by atoms with E-state index in [1.807, 2.05) is 6.07 Å². The average molecular weight is 273 g/mol. The van der Waals surface area contributed by atoms with Gasteiger partial charge in [0.1, 0.15) is 5.82 Å². The topological polar surface area (TPSA) is 29.1 Å². The third kappa shape index (κ3) is 2.92. The van der Waals surface area contributed by atoms with Gasteiger partial charge < -0.3 is 5.32 Å². The van der Waals surface area contributed by atoms with Crippen LogP contribution in [0.4, 0.5) is 4.39 Å². The lowest BCUT2D eigenvalue weighted by atomic mass is 9.87. The van der Waals surface area contributed by atoms with E-state index in [2.05, 4.69) is 5.32 Å². The van der Waals surface area contributed by atoms with Crippen LogP contribution in [0.25, 0.3) is 5.57 Å². The molecule has 2 aliphatic carbocycles. The minimum Gasteiger partial charge on any atom is -0.350 e. The van der Waals surface area contributed by atoms with Gasteiger partial charge in [-0.25, -0.2) is 4.39 Å². The molecule has 3 heteroatoms. The number of amides is 1. The summed E-state index contributed by atoms with van der Waals surface area (Å²) in [4.78, 5) is 12.1. The number of fused-ring (bicyclic) bond motifs is 1. The number of benzene rings is 1. The van der Waals surface area contributed by atoms with E-state index in [4.69, 9.17) is 0 Å². The van der Waals surface area contributed by atoms with Crippen LogP contribution < -0.4 is 5.32 Å². The van der Waals surface area contributed by atoms with Gasteiger partial charge in [0.25, 0.3) is 0 Å². The molecule has 2 nitrogen and oxygen atoms in total. The zero-order valence-electron chi connectivity index (χ0n) is 11.6. The van der Waals surface area contributed by atoms with Crippen LogP contribution in [0.5, 0.6) is 0 Å². The van der Waals surface area contributed by atoms with Crippen molar-refractivity contribution in [2.75, 3.05) is 0 Å². The average Bonchev–Trinajstić information content (AvgIpc) is 2.92. The van der Waals surface area contributed by atoms with Gasteiger partial charge in [0.2, 0.25) is 5.91 Å². The molecule has 0 saturated heterocycles. The van der Waals surface area contributed by atoms with E-state index in [1.54, 1.807) is 12.1 Å². The third-order valence-corrected chi connectivity index (χ3v) is 4.32. The largest absolute Gasteiger partial charge is 0.350 e. The minimum atomic E-state index is -0.229. The van der Waals surface area contributed by atoms with Crippen molar-refractivity contribution >= 4 is 11.5 Å². The molecule has 0 aromatic heterocycles. The van der Waals surface area contributed by atoms with E-state index < -0.39 is 0 Å². The summed E-state index contributed by atoms with van der Waals surface area (Å²) >= 11 is 0. The highest BCUT2D eigenvalue weighted by Crippen LogP contribution is 2.31. The van der Waals surface area contributed by atoms with Gasteiger partial charge in [0, 0.05) is 12.1 Å². The smallest absolute Gasteiger partial charge is 0.244 e. The first-order valence-corrected chi connectivity index (χ1v) is 7.52. The Hall–Kier alpha value is -1.64. The molecule has 1 amide bonds. The fourth-order valence-electron chi connectivity index (χ4n) is 3.29. The van der Waals surface area contributed by atoms with Gasteiger partial charge in [0.05, 0.1) is 0 Å². The Morgan fingerprint density at radius 3 is 2.80 bits per heavy atom. The summed E-state index contributed by atoms with van der Waals surface area (Å²) in [5, 5.41) is 3.06. The monoisotopic (exact) mass is 273 g/mol. The fourth-order valence-corrected chi connectivity index (χ4v) is 3.29. The molecule has 1 N–H and O–H groups in total. The molecule has 3 rings (SSSR count). The van der Waals surface area contributed by atoms with Gasteiger partial charge >= 0.3 is 0 Å². The number of hydrogen-bond acceptors (Lipinski definition) is 1. The molecular weight excluding hydrogens is 253 g/mol. The highest BCUT2D eigenvalue weighted by molar-refractivity contribution is 5.96. The molecular formula is C17H20FNO. The fraction of sp³-hybridized carbons (Fsp3) is 0.471. The zero-order chi connectivity index (χ0) is 13.9. The molecule has 0 bridgehead atoms. The number of carbonyl (C=O) groups excluding carboxylic acids is 1. The summed E-state index contributed by atoms with van der Waals surface area (Å²) in [6.45, 7) is 0. The predicted octanol–water partition coefficient (Wildman–Crippen LogP) is 3.60. The lowest BCUT2D eigenvalue weighted by molar-refractivity contribution is -0.117. The molecule has 106 valence electrons. The molecule has 0 unspecified atom stereocenters. The molecule has 1 aromatic carbocycles. The molecule has 1 aromatic rings. The van der Waals surface area contributed by atoms with Crippen LogP contribution >= 0.6 is 0 Å². The second-order valence-corrected chi connectivity index (χ2v) is 5.81. The summed E-state index contributed by atoms with van der Waals surface area (Å²) < 4.78 is 13.4. The Bertz CT molecular complexity index is 544. The molecule has 0 atom stereocenters. The van der Waals surface area contributed by atoms with Crippen molar-refractivity contribution in [3.8, 4) is 0 Å². The van der Waals surface area contributed by atoms with Gasteiger partial charge in [-0.05, 0) is 60.9 Å². The number of nitrogens with one attached hydrogen (secondary N) is 1. The quantitative estimate of drug-likeness (QED) is 0.819.